The van der Waals surface area contributed by atoms with Gasteiger partial charge >= 0.3 is 5.97 Å². The van der Waals surface area contributed by atoms with Crippen LogP contribution in [0.15, 0.2) is 42.5 Å². The molecule has 0 aliphatic carbocycles. The van der Waals surface area contributed by atoms with Gasteiger partial charge in [-0.1, -0.05) is 35.9 Å². The number of esters is 1. The van der Waals surface area contributed by atoms with Crippen LogP contribution in [0.3, 0.4) is 0 Å². The van der Waals surface area contributed by atoms with E-state index in [4.69, 9.17) is 21.1 Å². The van der Waals surface area contributed by atoms with Crippen molar-refractivity contribution < 1.29 is 22.7 Å². The van der Waals surface area contributed by atoms with Crippen molar-refractivity contribution in [2.24, 2.45) is 0 Å². The molecule has 0 saturated carbocycles. The predicted molar refractivity (Wildman–Crippen MR) is 116 cm³/mol. The number of methoxy groups -OCH3 is 1. The van der Waals surface area contributed by atoms with Gasteiger partial charge in [0.25, 0.3) is 0 Å². The Morgan fingerprint density at radius 1 is 1.17 bits per heavy atom. The molecule has 1 atom stereocenters. The van der Waals surface area contributed by atoms with Crippen molar-refractivity contribution in [1.29, 1.82) is 0 Å². The molecular weight excluding hydrogens is 426 g/mol. The second-order valence-electron chi connectivity index (χ2n) is 7.50. The first kappa shape index (κ1) is 22.6. The Morgan fingerprint density at radius 3 is 2.53 bits per heavy atom. The molecule has 3 rings (SSSR count). The van der Waals surface area contributed by atoms with Gasteiger partial charge in [-0.05, 0) is 47.7 Å². The van der Waals surface area contributed by atoms with Gasteiger partial charge in [-0.2, -0.15) is 0 Å². The maximum atomic E-state index is 12.1. The second-order valence-corrected chi connectivity index (χ2v) is 9.92. The zero-order valence-electron chi connectivity index (χ0n) is 17.1. The average Bonchev–Trinajstić information content (AvgIpc) is 2.73. The molecule has 162 valence electrons. The summed E-state index contributed by atoms with van der Waals surface area (Å²) in [4.78, 5) is 11.7. The average molecular weight is 452 g/mol. The van der Waals surface area contributed by atoms with Gasteiger partial charge in [0, 0.05) is 24.0 Å². The molecule has 0 spiro atoms. The Labute approximate surface area is 182 Å². The second kappa shape index (κ2) is 9.81. The monoisotopic (exact) mass is 451 g/mol. The number of ether oxygens (including phenoxy) is 2. The molecule has 30 heavy (non-hydrogen) atoms. The minimum Gasteiger partial charge on any atom is -0.489 e. The summed E-state index contributed by atoms with van der Waals surface area (Å²) in [6.07, 6.45) is 3.02. The summed E-state index contributed by atoms with van der Waals surface area (Å²) in [6.45, 7) is 1.29. The highest BCUT2D eigenvalue weighted by Gasteiger charge is 2.29. The van der Waals surface area contributed by atoms with Gasteiger partial charge in [-0.25, -0.2) is 12.7 Å². The molecule has 0 amide bonds. The molecule has 1 heterocycles. The van der Waals surface area contributed by atoms with Crippen LogP contribution in [0, 0.1) is 0 Å². The molecule has 1 unspecified atom stereocenters. The quantitative estimate of drug-likeness (QED) is 0.599. The van der Waals surface area contributed by atoms with Crippen LogP contribution in [0.5, 0.6) is 5.75 Å². The molecule has 2 aromatic carbocycles. The topological polar surface area (TPSA) is 72.9 Å². The van der Waals surface area contributed by atoms with E-state index in [9.17, 15) is 13.2 Å². The fourth-order valence-corrected chi connectivity index (χ4v) is 4.67. The van der Waals surface area contributed by atoms with Crippen LogP contribution in [0.25, 0.3) is 0 Å². The number of hydrogen-bond acceptors (Lipinski definition) is 5. The van der Waals surface area contributed by atoms with E-state index in [2.05, 4.69) is 0 Å². The number of hydrogen-bond donors (Lipinski definition) is 0. The third kappa shape index (κ3) is 5.97. The molecule has 0 aromatic heterocycles. The smallest absolute Gasteiger partial charge is 0.309 e. The van der Waals surface area contributed by atoms with Gasteiger partial charge < -0.3 is 9.47 Å². The number of sulfonamides is 1. The highest BCUT2D eigenvalue weighted by molar-refractivity contribution is 7.88. The van der Waals surface area contributed by atoms with Crippen molar-refractivity contribution in [1.82, 2.24) is 4.31 Å². The fraction of sp³-hybridized carbons (Fsp3) is 0.409. The number of benzene rings is 2. The van der Waals surface area contributed by atoms with Gasteiger partial charge in [0.05, 0.1) is 19.8 Å². The van der Waals surface area contributed by atoms with Crippen LogP contribution in [-0.4, -0.2) is 45.1 Å². The number of nitrogens with zero attached hydrogens (tertiary/aromatic N) is 1. The van der Waals surface area contributed by atoms with E-state index in [1.807, 2.05) is 42.5 Å². The summed E-state index contributed by atoms with van der Waals surface area (Å²) < 4.78 is 36.5. The SMILES string of the molecule is COC(=O)Cc1ccc(OCc2ccc(Cl)cc2)c(C2CCCN(S(C)(=O)=O)C2)c1. The Morgan fingerprint density at radius 2 is 1.87 bits per heavy atom. The van der Waals surface area contributed by atoms with Crippen molar-refractivity contribution in [3.05, 3.63) is 64.2 Å². The third-order valence-corrected chi connectivity index (χ3v) is 6.77. The molecule has 1 aliphatic heterocycles. The third-order valence-electron chi connectivity index (χ3n) is 5.25. The molecule has 8 heteroatoms. The minimum atomic E-state index is -3.27. The van der Waals surface area contributed by atoms with E-state index in [0.29, 0.717) is 30.5 Å². The van der Waals surface area contributed by atoms with Gasteiger partial charge in [0.1, 0.15) is 12.4 Å². The van der Waals surface area contributed by atoms with Crippen LogP contribution in [0.4, 0.5) is 0 Å². The molecule has 1 fully saturated rings. The van der Waals surface area contributed by atoms with Gasteiger partial charge in [-0.3, -0.25) is 4.79 Å². The Hall–Kier alpha value is -2.09. The van der Waals surface area contributed by atoms with E-state index in [1.165, 1.54) is 17.7 Å². The maximum absolute atomic E-state index is 12.1. The lowest BCUT2D eigenvalue weighted by Crippen LogP contribution is -2.38. The molecular formula is C22H26ClNO5S. The van der Waals surface area contributed by atoms with Crippen molar-refractivity contribution in [3.63, 3.8) is 0 Å². The summed E-state index contributed by atoms with van der Waals surface area (Å²) >= 11 is 5.94. The molecule has 1 aliphatic rings. The Balaban J connectivity index is 1.87. The van der Waals surface area contributed by atoms with Crippen LogP contribution in [0.2, 0.25) is 5.02 Å². The van der Waals surface area contributed by atoms with E-state index < -0.39 is 10.0 Å². The Kier molecular flexibility index (Phi) is 7.39. The van der Waals surface area contributed by atoms with Crippen LogP contribution < -0.4 is 4.74 Å². The molecule has 2 aromatic rings. The van der Waals surface area contributed by atoms with Crippen LogP contribution in [0.1, 0.15) is 35.4 Å². The normalized spacial score (nSPS) is 17.5. The van der Waals surface area contributed by atoms with E-state index in [0.717, 1.165) is 29.5 Å². The van der Waals surface area contributed by atoms with Gasteiger partial charge in [-0.15, -0.1) is 0 Å². The van der Waals surface area contributed by atoms with E-state index in [1.54, 1.807) is 0 Å². The first-order valence-electron chi connectivity index (χ1n) is 9.78. The van der Waals surface area contributed by atoms with Gasteiger partial charge in [0.2, 0.25) is 10.0 Å². The summed E-state index contributed by atoms with van der Waals surface area (Å²) in [6, 6.07) is 13.1. The highest BCUT2D eigenvalue weighted by atomic mass is 35.5. The lowest BCUT2D eigenvalue weighted by molar-refractivity contribution is -0.139. The molecule has 1 saturated heterocycles. The van der Waals surface area contributed by atoms with E-state index >= 15 is 0 Å². The number of rotatable bonds is 7. The first-order valence-corrected chi connectivity index (χ1v) is 12.0. The zero-order chi connectivity index (χ0) is 21.7. The maximum Gasteiger partial charge on any atom is 0.309 e. The fourth-order valence-electron chi connectivity index (χ4n) is 3.64. The molecule has 0 bridgehead atoms. The first-order chi connectivity index (χ1) is 14.3. The molecule has 6 nitrogen and oxygen atoms in total. The number of halogens is 1. The summed E-state index contributed by atoms with van der Waals surface area (Å²) in [5.41, 5.74) is 2.70. The summed E-state index contributed by atoms with van der Waals surface area (Å²) in [7, 11) is -1.91. The number of piperidine rings is 1. The van der Waals surface area contributed by atoms with Crippen molar-refractivity contribution in [2.45, 2.75) is 31.8 Å². The molecule has 0 N–H and O–H groups in total. The lowest BCUT2D eigenvalue weighted by atomic mass is 9.89. The summed E-state index contributed by atoms with van der Waals surface area (Å²) in [5.74, 6) is 0.363. The number of carbonyl (C=O) groups is 1. The van der Waals surface area contributed by atoms with Crippen LogP contribution >= 0.6 is 11.6 Å². The summed E-state index contributed by atoms with van der Waals surface area (Å²) in [5, 5.41) is 0.662. The lowest BCUT2D eigenvalue weighted by Gasteiger charge is -2.32. The minimum absolute atomic E-state index is 0.00807. The van der Waals surface area contributed by atoms with Crippen molar-refractivity contribution >= 4 is 27.6 Å². The van der Waals surface area contributed by atoms with Crippen molar-refractivity contribution in [3.8, 4) is 5.75 Å². The standard InChI is InChI=1S/C22H26ClNO5S/c1-28-22(25)13-17-7-10-21(29-15-16-5-8-19(23)9-6-16)20(12-17)18-4-3-11-24(14-18)30(2,26)27/h5-10,12,18H,3-4,11,13-15H2,1-2H3. The number of carbonyl (C=O) groups excluding carboxylic acids is 1. The van der Waals surface area contributed by atoms with Crippen LogP contribution in [-0.2, 0) is 32.6 Å². The Bertz CT molecular complexity index is 991. The largest absolute Gasteiger partial charge is 0.489 e. The van der Waals surface area contributed by atoms with Crippen molar-refractivity contribution in [2.75, 3.05) is 26.5 Å². The van der Waals surface area contributed by atoms with E-state index in [-0.39, 0.29) is 18.3 Å². The highest BCUT2D eigenvalue weighted by Crippen LogP contribution is 2.35. The predicted octanol–water partition coefficient (Wildman–Crippen LogP) is 3.77. The van der Waals surface area contributed by atoms with Gasteiger partial charge in [0.15, 0.2) is 0 Å². The zero-order valence-corrected chi connectivity index (χ0v) is 18.7. The molecule has 0 radical (unpaired) electrons.